The molecule has 1 amide bonds. The molecule has 1 N–H and O–H groups in total. The average Bonchev–Trinajstić information content (AvgIpc) is 3.48. The number of benzene rings is 1. The number of hydrogen-bond acceptors (Lipinski definition) is 7. The van der Waals surface area contributed by atoms with Crippen LogP contribution < -0.4 is 10.2 Å². The Balaban J connectivity index is 1.38. The van der Waals surface area contributed by atoms with Gasteiger partial charge in [-0.25, -0.2) is 4.98 Å². The fourth-order valence-corrected chi connectivity index (χ4v) is 4.54. The Kier molecular flexibility index (Phi) is 5.91. The van der Waals surface area contributed by atoms with Gasteiger partial charge >= 0.3 is 0 Å². The summed E-state index contributed by atoms with van der Waals surface area (Å²) in [6.45, 7) is 3.47. The lowest BCUT2D eigenvalue weighted by atomic mass is 10.1. The maximum Gasteiger partial charge on any atom is 0.269 e. The molecule has 32 heavy (non-hydrogen) atoms. The Morgan fingerprint density at radius 1 is 1.06 bits per heavy atom. The maximum absolute atomic E-state index is 13.2. The zero-order valence-corrected chi connectivity index (χ0v) is 18.2. The molecule has 3 aromatic heterocycles. The van der Waals surface area contributed by atoms with Crippen LogP contribution in [0.5, 0.6) is 0 Å². The number of amides is 1. The van der Waals surface area contributed by atoms with E-state index in [2.05, 4.69) is 20.3 Å². The second-order valence-corrected chi connectivity index (χ2v) is 8.33. The van der Waals surface area contributed by atoms with E-state index in [1.807, 2.05) is 48.7 Å². The molecular formula is C23H22N6O2S. The van der Waals surface area contributed by atoms with E-state index in [-0.39, 0.29) is 5.91 Å². The molecule has 5 rings (SSSR count). The summed E-state index contributed by atoms with van der Waals surface area (Å²) < 4.78 is 7.24. The van der Waals surface area contributed by atoms with Crippen molar-refractivity contribution in [2.24, 2.45) is 0 Å². The van der Waals surface area contributed by atoms with Gasteiger partial charge in [-0.3, -0.25) is 14.5 Å². The molecule has 1 fully saturated rings. The van der Waals surface area contributed by atoms with Crippen molar-refractivity contribution in [2.45, 2.75) is 6.54 Å². The van der Waals surface area contributed by atoms with E-state index in [1.54, 1.807) is 23.1 Å². The van der Waals surface area contributed by atoms with Gasteiger partial charge in [-0.2, -0.15) is 5.10 Å². The lowest BCUT2D eigenvalue weighted by Crippen LogP contribution is -2.36. The summed E-state index contributed by atoms with van der Waals surface area (Å²) in [4.78, 5) is 24.8. The fourth-order valence-electron chi connectivity index (χ4n) is 3.51. The van der Waals surface area contributed by atoms with Gasteiger partial charge in [0.05, 0.1) is 25.5 Å². The summed E-state index contributed by atoms with van der Waals surface area (Å²) in [5.74, 6) is 0.291. The Bertz CT molecular complexity index is 1190. The topological polar surface area (TPSA) is 85.2 Å². The Labute approximate surface area is 189 Å². The van der Waals surface area contributed by atoms with Crippen molar-refractivity contribution < 1.29 is 9.53 Å². The van der Waals surface area contributed by atoms with Crippen molar-refractivity contribution in [3.8, 4) is 11.3 Å². The molecular weight excluding hydrogens is 424 g/mol. The van der Waals surface area contributed by atoms with Crippen LogP contribution in [0.4, 0.5) is 10.9 Å². The van der Waals surface area contributed by atoms with Gasteiger partial charge in [-0.1, -0.05) is 41.7 Å². The highest BCUT2D eigenvalue weighted by Gasteiger charge is 2.24. The van der Waals surface area contributed by atoms with Gasteiger partial charge in [-0.15, -0.1) is 0 Å². The van der Waals surface area contributed by atoms with Crippen molar-refractivity contribution >= 4 is 28.2 Å². The number of hydrogen-bond donors (Lipinski definition) is 1. The van der Waals surface area contributed by atoms with Crippen molar-refractivity contribution in [2.75, 3.05) is 36.5 Å². The van der Waals surface area contributed by atoms with Gasteiger partial charge in [-0.05, 0) is 17.7 Å². The molecule has 0 saturated carbocycles. The largest absolute Gasteiger partial charge is 0.378 e. The number of rotatable bonds is 6. The number of morpholine rings is 1. The molecule has 0 bridgehead atoms. The second kappa shape index (κ2) is 9.29. The SMILES string of the molecule is O=C(Nc1ccn(Cc2ccncc2)n1)c1sc(N2CCOCC2)nc1-c1ccccc1. The number of pyridine rings is 1. The molecule has 0 radical (unpaired) electrons. The molecule has 0 atom stereocenters. The first-order valence-corrected chi connectivity index (χ1v) is 11.2. The summed E-state index contributed by atoms with van der Waals surface area (Å²) >= 11 is 1.40. The number of carbonyl (C=O) groups excluding carboxylic acids is 1. The maximum atomic E-state index is 13.2. The Hall–Kier alpha value is -3.56. The third kappa shape index (κ3) is 4.53. The van der Waals surface area contributed by atoms with Crippen LogP contribution in [0.2, 0.25) is 0 Å². The average molecular weight is 447 g/mol. The fraction of sp³-hybridized carbons (Fsp3) is 0.217. The van der Waals surface area contributed by atoms with E-state index in [9.17, 15) is 4.79 Å². The summed E-state index contributed by atoms with van der Waals surface area (Å²) in [6.07, 6.45) is 5.35. The Morgan fingerprint density at radius 3 is 2.62 bits per heavy atom. The highest BCUT2D eigenvalue weighted by Crippen LogP contribution is 2.34. The first-order valence-electron chi connectivity index (χ1n) is 10.4. The van der Waals surface area contributed by atoms with E-state index in [0.717, 1.165) is 29.3 Å². The number of nitrogens with zero attached hydrogens (tertiary/aromatic N) is 5. The van der Waals surface area contributed by atoms with E-state index in [1.165, 1.54) is 11.3 Å². The minimum absolute atomic E-state index is 0.213. The van der Waals surface area contributed by atoms with Crippen LogP contribution in [0.15, 0.2) is 67.1 Å². The van der Waals surface area contributed by atoms with Crippen LogP contribution in [0, 0.1) is 0 Å². The smallest absolute Gasteiger partial charge is 0.269 e. The zero-order chi connectivity index (χ0) is 21.8. The Morgan fingerprint density at radius 2 is 1.84 bits per heavy atom. The molecule has 9 heteroatoms. The van der Waals surface area contributed by atoms with Crippen molar-refractivity contribution in [1.82, 2.24) is 19.7 Å². The van der Waals surface area contributed by atoms with Gasteiger partial charge in [0.15, 0.2) is 10.9 Å². The molecule has 1 aliphatic rings. The van der Waals surface area contributed by atoms with Crippen LogP contribution in [0.1, 0.15) is 15.2 Å². The summed E-state index contributed by atoms with van der Waals surface area (Å²) in [7, 11) is 0. The van der Waals surface area contributed by atoms with E-state index >= 15 is 0 Å². The van der Waals surface area contributed by atoms with Crippen molar-refractivity contribution in [1.29, 1.82) is 0 Å². The third-order valence-corrected chi connectivity index (χ3v) is 6.24. The lowest BCUT2D eigenvalue weighted by molar-refractivity contribution is 0.103. The summed E-state index contributed by atoms with van der Waals surface area (Å²) in [5.41, 5.74) is 2.69. The number of nitrogens with one attached hydrogen (secondary N) is 1. The molecule has 162 valence electrons. The molecule has 4 aromatic rings. The molecule has 8 nitrogen and oxygen atoms in total. The number of anilines is 2. The molecule has 0 aliphatic carbocycles. The molecule has 1 aliphatic heterocycles. The van der Waals surface area contributed by atoms with Gasteiger partial charge in [0.2, 0.25) is 0 Å². The van der Waals surface area contributed by atoms with Gasteiger partial charge in [0.1, 0.15) is 4.88 Å². The highest BCUT2D eigenvalue weighted by molar-refractivity contribution is 7.18. The third-order valence-electron chi connectivity index (χ3n) is 5.13. The van der Waals surface area contributed by atoms with Crippen LogP contribution >= 0.6 is 11.3 Å². The summed E-state index contributed by atoms with van der Waals surface area (Å²) in [5, 5.41) is 8.26. The van der Waals surface area contributed by atoms with E-state index < -0.39 is 0 Å². The number of thiazole rings is 1. The van der Waals surface area contributed by atoms with Gasteiger partial charge in [0, 0.05) is 43.3 Å². The van der Waals surface area contributed by atoms with E-state index in [4.69, 9.17) is 9.72 Å². The van der Waals surface area contributed by atoms with Crippen molar-refractivity contribution in [3.63, 3.8) is 0 Å². The van der Waals surface area contributed by atoms with Gasteiger partial charge < -0.3 is 15.0 Å². The monoisotopic (exact) mass is 446 g/mol. The number of aromatic nitrogens is 4. The van der Waals surface area contributed by atoms with E-state index in [0.29, 0.717) is 36.1 Å². The predicted octanol–water partition coefficient (Wildman–Crippen LogP) is 3.54. The quantitative estimate of drug-likeness (QED) is 0.488. The first-order chi connectivity index (χ1) is 15.8. The zero-order valence-electron chi connectivity index (χ0n) is 17.3. The summed E-state index contributed by atoms with van der Waals surface area (Å²) in [6, 6.07) is 15.5. The normalized spacial score (nSPS) is 13.8. The van der Waals surface area contributed by atoms with Crippen LogP contribution in [-0.4, -0.2) is 52.0 Å². The molecule has 0 spiro atoms. The minimum atomic E-state index is -0.213. The van der Waals surface area contributed by atoms with Crippen LogP contribution in [-0.2, 0) is 11.3 Å². The molecule has 4 heterocycles. The van der Waals surface area contributed by atoms with Crippen LogP contribution in [0.25, 0.3) is 11.3 Å². The van der Waals surface area contributed by atoms with Crippen molar-refractivity contribution in [3.05, 3.63) is 77.6 Å². The molecule has 1 saturated heterocycles. The second-order valence-electron chi connectivity index (χ2n) is 7.35. The predicted molar refractivity (Wildman–Crippen MR) is 124 cm³/mol. The number of ether oxygens (including phenoxy) is 1. The van der Waals surface area contributed by atoms with Gasteiger partial charge in [0.25, 0.3) is 5.91 Å². The lowest BCUT2D eigenvalue weighted by Gasteiger charge is -2.26. The van der Waals surface area contributed by atoms with Crippen LogP contribution in [0.3, 0.4) is 0 Å². The highest BCUT2D eigenvalue weighted by atomic mass is 32.1. The first kappa shape index (κ1) is 20.3. The number of carbonyl (C=O) groups is 1. The molecule has 0 unspecified atom stereocenters. The standard InChI is InChI=1S/C23H22N6O2S/c30-22(25-19-8-11-29(27-19)16-17-6-9-24-10-7-17)21-20(18-4-2-1-3-5-18)26-23(32-21)28-12-14-31-15-13-28/h1-11H,12-16H2,(H,25,27,30). The molecule has 1 aromatic carbocycles. The minimum Gasteiger partial charge on any atom is -0.378 e.